The Morgan fingerprint density at radius 1 is 0.871 bits per heavy atom. The highest BCUT2D eigenvalue weighted by atomic mass is 32.2. The van der Waals surface area contributed by atoms with Crippen LogP contribution >= 0.6 is 0 Å². The SMILES string of the molecule is Cc1ccc(N([C@@H](C)C(=O)N[C@@H](c2ccccc2)c2ccccc2C)S(C)(=O)=O)cc1. The van der Waals surface area contributed by atoms with Gasteiger partial charge >= 0.3 is 0 Å². The standard InChI is InChI=1S/C25H28N2O3S/c1-18-14-16-22(17-15-18)27(31(4,29)30)20(3)25(28)26-24(21-11-6-5-7-12-21)23-13-9-8-10-19(23)2/h5-17,20,24H,1-4H3,(H,26,28)/t20-,24-/m0/s1. The topological polar surface area (TPSA) is 66.5 Å². The molecule has 0 aliphatic heterocycles. The van der Waals surface area contributed by atoms with Crippen molar-refractivity contribution < 1.29 is 13.2 Å². The zero-order valence-electron chi connectivity index (χ0n) is 18.2. The fourth-order valence-electron chi connectivity index (χ4n) is 3.66. The first-order valence-corrected chi connectivity index (χ1v) is 12.0. The lowest BCUT2D eigenvalue weighted by Gasteiger charge is -2.30. The number of hydrogen-bond donors (Lipinski definition) is 1. The molecule has 0 aliphatic carbocycles. The lowest BCUT2D eigenvalue weighted by atomic mass is 9.94. The molecular formula is C25H28N2O3S. The van der Waals surface area contributed by atoms with E-state index in [1.165, 1.54) is 4.31 Å². The number of anilines is 1. The van der Waals surface area contributed by atoms with E-state index in [1.807, 2.05) is 80.6 Å². The van der Waals surface area contributed by atoms with E-state index < -0.39 is 22.1 Å². The maximum atomic E-state index is 13.3. The second-order valence-electron chi connectivity index (χ2n) is 7.78. The summed E-state index contributed by atoms with van der Waals surface area (Å²) >= 11 is 0. The monoisotopic (exact) mass is 436 g/mol. The van der Waals surface area contributed by atoms with Crippen LogP contribution in [0.3, 0.4) is 0 Å². The summed E-state index contributed by atoms with van der Waals surface area (Å²) in [4.78, 5) is 13.3. The minimum absolute atomic E-state index is 0.372. The number of amides is 1. The number of aryl methyl sites for hydroxylation is 2. The smallest absolute Gasteiger partial charge is 0.244 e. The summed E-state index contributed by atoms with van der Waals surface area (Å²) in [6.45, 7) is 5.53. The average Bonchev–Trinajstić information content (AvgIpc) is 2.73. The molecule has 0 saturated carbocycles. The van der Waals surface area contributed by atoms with Crippen molar-refractivity contribution in [2.45, 2.75) is 32.9 Å². The van der Waals surface area contributed by atoms with Gasteiger partial charge in [0.1, 0.15) is 6.04 Å². The number of carbonyl (C=O) groups is 1. The average molecular weight is 437 g/mol. The maximum absolute atomic E-state index is 13.3. The van der Waals surface area contributed by atoms with Gasteiger partial charge in [-0.15, -0.1) is 0 Å². The van der Waals surface area contributed by atoms with Crippen LogP contribution in [0.25, 0.3) is 0 Å². The van der Waals surface area contributed by atoms with Gasteiger partial charge in [0.05, 0.1) is 18.0 Å². The maximum Gasteiger partial charge on any atom is 0.244 e. The Kier molecular flexibility index (Phi) is 6.81. The third-order valence-corrected chi connectivity index (χ3v) is 6.54. The van der Waals surface area contributed by atoms with Gasteiger partial charge in [-0.25, -0.2) is 8.42 Å². The van der Waals surface area contributed by atoms with Gasteiger partial charge in [0.25, 0.3) is 0 Å². The second kappa shape index (κ2) is 9.35. The predicted octanol–water partition coefficient (Wildman–Crippen LogP) is 4.36. The molecule has 0 spiro atoms. The summed E-state index contributed by atoms with van der Waals surface area (Å²) in [7, 11) is -3.68. The van der Waals surface area contributed by atoms with Crippen molar-refractivity contribution in [2.75, 3.05) is 10.6 Å². The van der Waals surface area contributed by atoms with Crippen LogP contribution in [0.15, 0.2) is 78.9 Å². The summed E-state index contributed by atoms with van der Waals surface area (Å²) in [6, 6.07) is 23.3. The van der Waals surface area contributed by atoms with Crippen molar-refractivity contribution in [1.82, 2.24) is 5.32 Å². The van der Waals surface area contributed by atoms with Crippen LogP contribution in [-0.4, -0.2) is 26.6 Å². The van der Waals surface area contributed by atoms with Gasteiger partial charge < -0.3 is 5.32 Å². The van der Waals surface area contributed by atoms with E-state index in [0.29, 0.717) is 5.69 Å². The molecule has 0 fully saturated rings. The second-order valence-corrected chi connectivity index (χ2v) is 9.64. The van der Waals surface area contributed by atoms with Crippen LogP contribution in [0.4, 0.5) is 5.69 Å². The molecule has 0 radical (unpaired) electrons. The number of carbonyl (C=O) groups excluding carboxylic acids is 1. The van der Waals surface area contributed by atoms with Crippen molar-refractivity contribution >= 4 is 21.6 Å². The fourth-order valence-corrected chi connectivity index (χ4v) is 4.83. The first-order valence-electron chi connectivity index (χ1n) is 10.2. The van der Waals surface area contributed by atoms with Gasteiger partial charge in [0, 0.05) is 0 Å². The summed E-state index contributed by atoms with van der Waals surface area (Å²) in [5.41, 5.74) is 4.41. The van der Waals surface area contributed by atoms with Gasteiger partial charge in [-0.3, -0.25) is 9.10 Å². The Morgan fingerprint density at radius 2 is 1.45 bits per heavy atom. The molecule has 2 atom stereocenters. The van der Waals surface area contributed by atoms with Crippen LogP contribution in [0.2, 0.25) is 0 Å². The lowest BCUT2D eigenvalue weighted by molar-refractivity contribution is -0.122. The van der Waals surface area contributed by atoms with E-state index >= 15 is 0 Å². The molecule has 0 heterocycles. The normalized spacial score (nSPS) is 13.3. The van der Waals surface area contributed by atoms with Gasteiger partial charge in [0.15, 0.2) is 0 Å². The summed E-state index contributed by atoms with van der Waals surface area (Å²) in [5.74, 6) is -0.372. The predicted molar refractivity (Wildman–Crippen MR) is 126 cm³/mol. The van der Waals surface area contributed by atoms with Gasteiger partial charge in [-0.2, -0.15) is 0 Å². The molecule has 0 unspecified atom stereocenters. The molecule has 0 aliphatic rings. The van der Waals surface area contributed by atoms with E-state index in [9.17, 15) is 13.2 Å². The van der Waals surface area contributed by atoms with Gasteiger partial charge in [0.2, 0.25) is 15.9 Å². The summed E-state index contributed by atoms with van der Waals surface area (Å²) in [5, 5.41) is 3.08. The zero-order valence-corrected chi connectivity index (χ0v) is 19.1. The molecule has 3 rings (SSSR count). The van der Waals surface area contributed by atoms with Crippen molar-refractivity contribution in [1.29, 1.82) is 0 Å². The summed E-state index contributed by atoms with van der Waals surface area (Å²) < 4.78 is 26.3. The zero-order chi connectivity index (χ0) is 22.6. The molecule has 31 heavy (non-hydrogen) atoms. The Morgan fingerprint density at radius 3 is 2.03 bits per heavy atom. The number of hydrogen-bond acceptors (Lipinski definition) is 3. The fraction of sp³-hybridized carbons (Fsp3) is 0.240. The highest BCUT2D eigenvalue weighted by molar-refractivity contribution is 7.92. The largest absolute Gasteiger partial charge is 0.343 e. The van der Waals surface area contributed by atoms with Crippen LogP contribution in [0.5, 0.6) is 0 Å². The first-order chi connectivity index (χ1) is 14.7. The Balaban J connectivity index is 1.96. The molecule has 0 bridgehead atoms. The highest BCUT2D eigenvalue weighted by Crippen LogP contribution is 2.26. The van der Waals surface area contributed by atoms with Gasteiger partial charge in [-0.05, 0) is 49.6 Å². The lowest BCUT2D eigenvalue weighted by Crippen LogP contribution is -2.48. The molecule has 3 aromatic rings. The quantitative estimate of drug-likeness (QED) is 0.598. The molecule has 1 amide bonds. The number of benzene rings is 3. The van der Waals surface area contributed by atoms with Crippen LogP contribution in [0, 0.1) is 13.8 Å². The summed E-state index contributed by atoms with van der Waals surface area (Å²) in [6.07, 6.45) is 1.12. The molecule has 5 nitrogen and oxygen atoms in total. The highest BCUT2D eigenvalue weighted by Gasteiger charge is 2.31. The van der Waals surface area contributed by atoms with Crippen molar-refractivity contribution in [2.24, 2.45) is 0 Å². The van der Waals surface area contributed by atoms with Crippen LogP contribution in [-0.2, 0) is 14.8 Å². The van der Waals surface area contributed by atoms with E-state index in [2.05, 4.69) is 5.32 Å². The Hall–Kier alpha value is -3.12. The number of rotatable bonds is 7. The van der Waals surface area contributed by atoms with Crippen molar-refractivity contribution in [3.8, 4) is 0 Å². The molecule has 3 aromatic carbocycles. The third-order valence-electron chi connectivity index (χ3n) is 5.30. The minimum atomic E-state index is -3.68. The molecule has 6 heteroatoms. The van der Waals surface area contributed by atoms with E-state index in [-0.39, 0.29) is 5.91 Å². The number of sulfonamides is 1. The minimum Gasteiger partial charge on any atom is -0.343 e. The Bertz CT molecular complexity index is 1140. The van der Waals surface area contributed by atoms with Crippen LogP contribution < -0.4 is 9.62 Å². The number of nitrogens with zero attached hydrogens (tertiary/aromatic N) is 1. The van der Waals surface area contributed by atoms with Gasteiger partial charge in [-0.1, -0.05) is 72.3 Å². The molecule has 0 saturated heterocycles. The van der Waals surface area contributed by atoms with Crippen molar-refractivity contribution in [3.63, 3.8) is 0 Å². The Labute approximate surface area is 184 Å². The molecule has 0 aromatic heterocycles. The van der Waals surface area contributed by atoms with E-state index in [4.69, 9.17) is 0 Å². The molecule has 162 valence electrons. The van der Waals surface area contributed by atoms with Crippen LogP contribution in [0.1, 0.15) is 35.2 Å². The third kappa shape index (κ3) is 5.33. The van der Waals surface area contributed by atoms with Crippen molar-refractivity contribution in [3.05, 3.63) is 101 Å². The van der Waals surface area contributed by atoms with E-state index in [1.54, 1.807) is 19.1 Å². The molecular weight excluding hydrogens is 408 g/mol. The van der Waals surface area contributed by atoms with E-state index in [0.717, 1.165) is 28.5 Å². The number of nitrogens with one attached hydrogen (secondary N) is 1. The molecule has 1 N–H and O–H groups in total. The first kappa shape index (κ1) is 22.6.